The fourth-order valence-electron chi connectivity index (χ4n) is 4.31. The molecule has 0 bridgehead atoms. The highest BCUT2D eigenvalue weighted by Crippen LogP contribution is 2.42. The number of benzene rings is 2. The molecule has 0 unspecified atom stereocenters. The summed E-state index contributed by atoms with van der Waals surface area (Å²) in [5.41, 5.74) is 4.79. The van der Waals surface area contributed by atoms with Crippen LogP contribution in [0.25, 0.3) is 11.1 Å². The van der Waals surface area contributed by atoms with Gasteiger partial charge in [0.2, 0.25) is 11.8 Å². The number of hydrogen-bond donors (Lipinski definition) is 2. The van der Waals surface area contributed by atoms with Crippen LogP contribution in [0, 0.1) is 11.7 Å². The molecule has 3 N–H and O–H groups in total. The molecule has 0 spiro atoms. The molecule has 1 aromatic heterocycles. The van der Waals surface area contributed by atoms with Gasteiger partial charge in [0.25, 0.3) is 5.56 Å². The number of primary amides is 1. The van der Waals surface area contributed by atoms with Crippen molar-refractivity contribution in [1.29, 1.82) is 0 Å². The second-order valence-electron chi connectivity index (χ2n) is 8.80. The molecule has 0 aliphatic carbocycles. The van der Waals surface area contributed by atoms with Gasteiger partial charge in [0.05, 0.1) is 17.1 Å². The van der Waals surface area contributed by atoms with Crippen LogP contribution in [0.5, 0.6) is 5.75 Å². The van der Waals surface area contributed by atoms with E-state index in [1.54, 1.807) is 6.92 Å². The first-order valence-corrected chi connectivity index (χ1v) is 11.9. The maximum Gasteiger partial charge on any atom is 0.395 e. The molecule has 1 aliphatic rings. The first kappa shape index (κ1) is 27.2. The van der Waals surface area contributed by atoms with Crippen molar-refractivity contribution in [2.75, 3.05) is 11.9 Å². The van der Waals surface area contributed by atoms with E-state index in [4.69, 9.17) is 22.1 Å². The zero-order valence-corrected chi connectivity index (χ0v) is 20.7. The summed E-state index contributed by atoms with van der Waals surface area (Å²) in [7, 11) is 0. The Bertz CT molecular complexity index is 1450. The van der Waals surface area contributed by atoms with Crippen molar-refractivity contribution in [3.8, 4) is 16.9 Å². The van der Waals surface area contributed by atoms with Crippen LogP contribution < -0.4 is 21.3 Å². The number of halogens is 5. The van der Waals surface area contributed by atoms with E-state index in [2.05, 4.69) is 5.32 Å². The van der Waals surface area contributed by atoms with Gasteiger partial charge in [-0.2, -0.15) is 13.2 Å². The molecule has 0 saturated carbocycles. The average molecular weight is 552 g/mol. The minimum atomic E-state index is -4.63. The van der Waals surface area contributed by atoms with E-state index in [1.807, 2.05) is 0 Å². The standard InChI is InChI=1S/C26H22ClF4N3O4/c1-2-19(25(37)33-16-6-3-13(4-7-16)24(32)36)34-11-20-17(10-21(34)35)22-14(5-8-18(27)23(22)28)9-15(12-38-20)26(29,30)31/h3-8,10-11,15,19H,2,9,12H2,1H3,(H2,32,36)(H,33,37)/t15-,19+/m1/s1. The summed E-state index contributed by atoms with van der Waals surface area (Å²) >= 11 is 5.92. The number of rotatable bonds is 5. The van der Waals surface area contributed by atoms with E-state index in [1.165, 1.54) is 36.4 Å². The summed E-state index contributed by atoms with van der Waals surface area (Å²) in [6.45, 7) is 0.868. The Labute approximate surface area is 219 Å². The number of nitrogens with zero attached hydrogens (tertiary/aromatic N) is 1. The van der Waals surface area contributed by atoms with Crippen LogP contribution in [0.4, 0.5) is 23.2 Å². The van der Waals surface area contributed by atoms with Crippen molar-refractivity contribution in [2.45, 2.75) is 32.0 Å². The summed E-state index contributed by atoms with van der Waals surface area (Å²) in [6, 6.07) is 8.15. The summed E-state index contributed by atoms with van der Waals surface area (Å²) in [6.07, 6.45) is -3.95. The number of nitrogens with one attached hydrogen (secondary N) is 1. The van der Waals surface area contributed by atoms with Crippen LogP contribution in [0.3, 0.4) is 0 Å². The Balaban J connectivity index is 1.76. The summed E-state index contributed by atoms with van der Waals surface area (Å²) in [5, 5.41) is 2.31. The fraction of sp³-hybridized carbons (Fsp3) is 0.269. The maximum atomic E-state index is 15.1. The molecule has 0 fully saturated rings. The highest BCUT2D eigenvalue weighted by molar-refractivity contribution is 6.31. The van der Waals surface area contributed by atoms with Gasteiger partial charge >= 0.3 is 6.18 Å². The first-order chi connectivity index (χ1) is 17.9. The van der Waals surface area contributed by atoms with E-state index in [0.717, 1.165) is 16.8 Å². The van der Waals surface area contributed by atoms with Gasteiger partial charge in [-0.05, 0) is 48.7 Å². The van der Waals surface area contributed by atoms with Gasteiger partial charge in [-0.25, -0.2) is 4.39 Å². The third-order valence-electron chi connectivity index (χ3n) is 6.33. The Morgan fingerprint density at radius 1 is 1.21 bits per heavy atom. The maximum absolute atomic E-state index is 15.1. The van der Waals surface area contributed by atoms with E-state index < -0.39 is 54.4 Å². The lowest BCUT2D eigenvalue weighted by Gasteiger charge is -2.27. The van der Waals surface area contributed by atoms with Gasteiger partial charge < -0.3 is 15.8 Å². The number of pyridine rings is 1. The van der Waals surface area contributed by atoms with Crippen LogP contribution in [-0.4, -0.2) is 29.2 Å². The zero-order valence-electron chi connectivity index (χ0n) is 19.9. The predicted molar refractivity (Wildman–Crippen MR) is 133 cm³/mol. The number of alkyl halides is 3. The molecule has 200 valence electrons. The number of carbonyl (C=O) groups excluding carboxylic acids is 2. The molecule has 2 amide bonds. The number of fused-ring (bicyclic) bond motifs is 3. The lowest BCUT2D eigenvalue weighted by Crippen LogP contribution is -2.34. The number of hydrogen-bond acceptors (Lipinski definition) is 4. The normalized spacial score (nSPS) is 15.8. The third-order valence-corrected chi connectivity index (χ3v) is 6.62. The van der Waals surface area contributed by atoms with Gasteiger partial charge in [0.1, 0.15) is 24.2 Å². The van der Waals surface area contributed by atoms with Crippen molar-refractivity contribution >= 4 is 29.1 Å². The van der Waals surface area contributed by atoms with Crippen molar-refractivity contribution in [3.63, 3.8) is 0 Å². The van der Waals surface area contributed by atoms with Crippen LogP contribution >= 0.6 is 11.6 Å². The molecular formula is C26H22ClF4N3O4. The molecule has 0 saturated heterocycles. The SMILES string of the molecule is CC[C@@H](C(=O)Nc1ccc(C(N)=O)cc1)n1cc2c(cc1=O)-c1c(ccc(Cl)c1F)C[C@@H](C(F)(F)F)CO2. The van der Waals surface area contributed by atoms with Crippen LogP contribution in [0.15, 0.2) is 53.5 Å². The zero-order chi connectivity index (χ0) is 27.8. The molecule has 7 nitrogen and oxygen atoms in total. The van der Waals surface area contributed by atoms with Gasteiger partial charge in [-0.3, -0.25) is 19.0 Å². The van der Waals surface area contributed by atoms with Crippen molar-refractivity contribution < 1.29 is 31.9 Å². The Hall–Kier alpha value is -3.86. The predicted octanol–water partition coefficient (Wildman–Crippen LogP) is 5.11. The minimum absolute atomic E-state index is 0.0279. The smallest absolute Gasteiger partial charge is 0.395 e. The van der Waals surface area contributed by atoms with Crippen LogP contribution in [0.2, 0.25) is 5.02 Å². The Morgan fingerprint density at radius 3 is 2.50 bits per heavy atom. The summed E-state index contributed by atoms with van der Waals surface area (Å²) in [4.78, 5) is 37.5. The number of carbonyl (C=O) groups is 2. The summed E-state index contributed by atoms with van der Waals surface area (Å²) < 4.78 is 62.7. The van der Waals surface area contributed by atoms with Gasteiger partial charge in [0, 0.05) is 28.4 Å². The number of ether oxygens (including phenoxy) is 1. The second kappa shape index (κ2) is 10.5. The largest absolute Gasteiger partial charge is 0.491 e. The molecule has 1 aliphatic heterocycles. The quantitative estimate of drug-likeness (QED) is 0.430. The Kier molecular flexibility index (Phi) is 7.50. The molecular weight excluding hydrogens is 530 g/mol. The molecule has 38 heavy (non-hydrogen) atoms. The first-order valence-electron chi connectivity index (χ1n) is 11.5. The third kappa shape index (κ3) is 5.38. The lowest BCUT2D eigenvalue weighted by molar-refractivity contribution is -0.181. The highest BCUT2D eigenvalue weighted by atomic mass is 35.5. The van der Waals surface area contributed by atoms with Crippen LogP contribution in [-0.2, 0) is 11.2 Å². The lowest BCUT2D eigenvalue weighted by atomic mass is 9.90. The minimum Gasteiger partial charge on any atom is -0.491 e. The van der Waals surface area contributed by atoms with Gasteiger partial charge in [0.15, 0.2) is 0 Å². The Morgan fingerprint density at radius 2 is 1.89 bits per heavy atom. The van der Waals surface area contributed by atoms with E-state index >= 15 is 4.39 Å². The van der Waals surface area contributed by atoms with Crippen molar-refractivity contribution in [1.82, 2.24) is 4.57 Å². The fourth-order valence-corrected chi connectivity index (χ4v) is 4.47. The van der Waals surface area contributed by atoms with E-state index in [9.17, 15) is 27.6 Å². The number of nitrogens with two attached hydrogens (primary N) is 1. The number of aromatic nitrogens is 1. The molecule has 0 radical (unpaired) electrons. The number of amides is 2. The molecule has 2 heterocycles. The molecule has 2 aromatic carbocycles. The van der Waals surface area contributed by atoms with Gasteiger partial charge in [-0.1, -0.05) is 24.6 Å². The molecule has 12 heteroatoms. The number of anilines is 1. The summed E-state index contributed by atoms with van der Waals surface area (Å²) in [5.74, 6) is -4.36. The van der Waals surface area contributed by atoms with Crippen LogP contribution in [0.1, 0.15) is 35.3 Å². The van der Waals surface area contributed by atoms with Gasteiger partial charge in [-0.15, -0.1) is 0 Å². The second-order valence-corrected chi connectivity index (χ2v) is 9.21. The molecule has 2 atom stereocenters. The highest BCUT2D eigenvalue weighted by Gasteiger charge is 2.42. The monoisotopic (exact) mass is 551 g/mol. The molecule has 3 aromatic rings. The van der Waals surface area contributed by atoms with E-state index in [-0.39, 0.29) is 39.4 Å². The van der Waals surface area contributed by atoms with E-state index in [0.29, 0.717) is 5.69 Å². The molecule has 4 rings (SSSR count). The van der Waals surface area contributed by atoms with Crippen molar-refractivity contribution in [2.24, 2.45) is 11.7 Å². The topological polar surface area (TPSA) is 103 Å². The van der Waals surface area contributed by atoms with Crippen molar-refractivity contribution in [3.05, 3.63) is 81.0 Å². The average Bonchev–Trinajstić information content (AvgIpc) is 2.84.